The average Bonchev–Trinajstić information content (AvgIpc) is 2.61. The quantitative estimate of drug-likeness (QED) is 0.754. The predicted molar refractivity (Wildman–Crippen MR) is 58.6 cm³/mol. The molecule has 1 nitrogen and oxygen atoms in total. The van der Waals surface area contributed by atoms with Crippen molar-refractivity contribution < 1.29 is 8.78 Å². The maximum atomic E-state index is 13.7. The molecule has 0 spiro atoms. The summed E-state index contributed by atoms with van der Waals surface area (Å²) in [7, 11) is 0. The van der Waals surface area contributed by atoms with Crippen LogP contribution in [0.3, 0.4) is 0 Å². The molecule has 0 aliphatic heterocycles. The average molecular weight is 272 g/mol. The van der Waals surface area contributed by atoms with E-state index in [-0.39, 0.29) is 4.47 Å². The van der Waals surface area contributed by atoms with Crippen LogP contribution in [0.1, 0.15) is 5.56 Å². The lowest BCUT2D eigenvalue weighted by molar-refractivity contribution is 0.574. The van der Waals surface area contributed by atoms with Crippen LogP contribution in [0.5, 0.6) is 0 Å². The van der Waals surface area contributed by atoms with Crippen molar-refractivity contribution in [1.82, 2.24) is 4.98 Å². The zero-order chi connectivity index (χ0) is 11.0. The normalized spacial score (nSPS) is 10.7. The van der Waals surface area contributed by atoms with Crippen LogP contribution in [0, 0.1) is 18.6 Å². The molecule has 0 aliphatic rings. The molecule has 0 amide bonds. The molecular weight excluding hydrogens is 264 g/mol. The SMILES string of the molecule is Cc1c[nH]c(-c2ccc(F)c(Br)c2F)c1. The molecule has 0 saturated carbocycles. The van der Waals surface area contributed by atoms with Gasteiger partial charge in [0.2, 0.25) is 0 Å². The summed E-state index contributed by atoms with van der Waals surface area (Å²) in [5.74, 6) is -1.18. The number of aromatic amines is 1. The first-order valence-electron chi connectivity index (χ1n) is 4.38. The summed E-state index contributed by atoms with van der Waals surface area (Å²) in [4.78, 5) is 2.93. The number of aryl methyl sites for hydroxylation is 1. The Kier molecular flexibility index (Phi) is 2.61. The number of halogens is 3. The fourth-order valence-corrected chi connectivity index (χ4v) is 1.74. The Labute approximate surface area is 94.3 Å². The van der Waals surface area contributed by atoms with Crippen molar-refractivity contribution in [2.45, 2.75) is 6.92 Å². The van der Waals surface area contributed by atoms with Crippen LogP contribution in [0.4, 0.5) is 8.78 Å². The molecule has 1 aromatic heterocycles. The van der Waals surface area contributed by atoms with Crippen molar-refractivity contribution in [3.8, 4) is 11.3 Å². The van der Waals surface area contributed by atoms with Gasteiger partial charge in [0.25, 0.3) is 0 Å². The van der Waals surface area contributed by atoms with Crippen LogP contribution < -0.4 is 0 Å². The minimum Gasteiger partial charge on any atom is -0.361 e. The molecule has 2 aromatic rings. The van der Waals surface area contributed by atoms with Gasteiger partial charge in [-0.15, -0.1) is 0 Å². The largest absolute Gasteiger partial charge is 0.361 e. The summed E-state index contributed by atoms with van der Waals surface area (Å²) in [6.07, 6.45) is 1.77. The van der Waals surface area contributed by atoms with E-state index < -0.39 is 11.6 Å². The molecule has 0 bridgehead atoms. The van der Waals surface area contributed by atoms with Gasteiger partial charge in [-0.3, -0.25) is 0 Å². The highest BCUT2D eigenvalue weighted by Gasteiger charge is 2.13. The van der Waals surface area contributed by atoms with Gasteiger partial charge >= 0.3 is 0 Å². The van der Waals surface area contributed by atoms with E-state index in [1.807, 2.05) is 13.0 Å². The first kappa shape index (κ1) is 10.4. The van der Waals surface area contributed by atoms with Gasteiger partial charge in [-0.05, 0) is 46.6 Å². The van der Waals surface area contributed by atoms with Crippen molar-refractivity contribution in [3.05, 3.63) is 46.1 Å². The second-order valence-electron chi connectivity index (χ2n) is 3.31. The van der Waals surface area contributed by atoms with Gasteiger partial charge in [-0.25, -0.2) is 8.78 Å². The number of hydrogen-bond acceptors (Lipinski definition) is 0. The lowest BCUT2D eigenvalue weighted by Gasteiger charge is -2.03. The first-order chi connectivity index (χ1) is 7.09. The van der Waals surface area contributed by atoms with Crippen LogP contribution in [-0.2, 0) is 0 Å². The molecule has 78 valence electrons. The van der Waals surface area contributed by atoms with E-state index in [4.69, 9.17) is 0 Å². The van der Waals surface area contributed by atoms with E-state index in [2.05, 4.69) is 20.9 Å². The van der Waals surface area contributed by atoms with Crippen LogP contribution in [0.2, 0.25) is 0 Å². The van der Waals surface area contributed by atoms with E-state index in [9.17, 15) is 8.78 Å². The molecule has 4 heteroatoms. The minimum absolute atomic E-state index is 0.132. The Balaban J connectivity index is 2.59. The van der Waals surface area contributed by atoms with Crippen molar-refractivity contribution in [1.29, 1.82) is 0 Å². The lowest BCUT2D eigenvalue weighted by atomic mass is 10.1. The van der Waals surface area contributed by atoms with Crippen molar-refractivity contribution in [2.24, 2.45) is 0 Å². The Bertz CT molecular complexity index is 505. The standard InChI is InChI=1S/C11H8BrF2N/c1-6-4-9(15-5-6)7-2-3-8(13)10(12)11(7)14/h2-5,15H,1H3. The maximum Gasteiger partial charge on any atom is 0.149 e. The number of benzene rings is 1. The number of rotatable bonds is 1. The molecule has 0 radical (unpaired) electrons. The van der Waals surface area contributed by atoms with E-state index in [1.165, 1.54) is 12.1 Å². The predicted octanol–water partition coefficient (Wildman–Crippen LogP) is 4.03. The van der Waals surface area contributed by atoms with E-state index in [1.54, 1.807) is 6.20 Å². The third kappa shape index (κ3) is 1.81. The topological polar surface area (TPSA) is 15.8 Å². The zero-order valence-electron chi connectivity index (χ0n) is 7.94. The molecule has 2 rings (SSSR count). The first-order valence-corrected chi connectivity index (χ1v) is 5.18. The van der Waals surface area contributed by atoms with Crippen LogP contribution in [-0.4, -0.2) is 4.98 Å². The number of nitrogens with one attached hydrogen (secondary N) is 1. The fourth-order valence-electron chi connectivity index (χ4n) is 1.39. The summed E-state index contributed by atoms with van der Waals surface area (Å²) < 4.78 is 26.5. The van der Waals surface area contributed by atoms with Gasteiger partial charge in [-0.2, -0.15) is 0 Å². The Hall–Kier alpha value is -1.16. The van der Waals surface area contributed by atoms with Gasteiger partial charge in [0.05, 0.1) is 4.47 Å². The molecular formula is C11H8BrF2N. The summed E-state index contributed by atoms with van der Waals surface area (Å²) in [5, 5.41) is 0. The van der Waals surface area contributed by atoms with Crippen LogP contribution in [0.15, 0.2) is 28.9 Å². The van der Waals surface area contributed by atoms with Gasteiger partial charge in [0, 0.05) is 17.5 Å². The third-order valence-electron chi connectivity index (χ3n) is 2.15. The molecule has 1 heterocycles. The third-order valence-corrected chi connectivity index (χ3v) is 2.88. The summed E-state index contributed by atoms with van der Waals surface area (Å²) in [6.45, 7) is 1.90. The van der Waals surface area contributed by atoms with Gasteiger partial charge in [0.1, 0.15) is 11.6 Å². The zero-order valence-corrected chi connectivity index (χ0v) is 9.53. The number of aromatic nitrogens is 1. The number of hydrogen-bond donors (Lipinski definition) is 1. The molecule has 0 fully saturated rings. The Morgan fingerprint density at radius 2 is 2.00 bits per heavy atom. The second kappa shape index (κ2) is 3.77. The van der Waals surface area contributed by atoms with Gasteiger partial charge in [-0.1, -0.05) is 0 Å². The molecule has 0 saturated heterocycles. The van der Waals surface area contributed by atoms with Crippen LogP contribution in [0.25, 0.3) is 11.3 Å². The Morgan fingerprint density at radius 1 is 1.27 bits per heavy atom. The molecule has 1 N–H and O–H groups in total. The molecule has 0 aliphatic carbocycles. The highest BCUT2D eigenvalue weighted by atomic mass is 79.9. The highest BCUT2D eigenvalue weighted by Crippen LogP contribution is 2.29. The number of H-pyrrole nitrogens is 1. The van der Waals surface area contributed by atoms with Gasteiger partial charge in [0.15, 0.2) is 0 Å². The van der Waals surface area contributed by atoms with Crippen molar-refractivity contribution >= 4 is 15.9 Å². The Morgan fingerprint density at radius 3 is 2.60 bits per heavy atom. The van der Waals surface area contributed by atoms with E-state index >= 15 is 0 Å². The molecule has 15 heavy (non-hydrogen) atoms. The van der Waals surface area contributed by atoms with Gasteiger partial charge < -0.3 is 4.98 Å². The lowest BCUT2D eigenvalue weighted by Crippen LogP contribution is -1.89. The fraction of sp³-hybridized carbons (Fsp3) is 0.0909. The van der Waals surface area contributed by atoms with Crippen molar-refractivity contribution in [3.63, 3.8) is 0 Å². The van der Waals surface area contributed by atoms with E-state index in [0.717, 1.165) is 5.56 Å². The van der Waals surface area contributed by atoms with Crippen molar-refractivity contribution in [2.75, 3.05) is 0 Å². The monoisotopic (exact) mass is 271 g/mol. The second-order valence-corrected chi connectivity index (χ2v) is 4.11. The smallest absolute Gasteiger partial charge is 0.149 e. The summed E-state index contributed by atoms with van der Waals surface area (Å²) in [5.41, 5.74) is 2.01. The summed E-state index contributed by atoms with van der Waals surface area (Å²) in [6, 6.07) is 4.46. The maximum absolute atomic E-state index is 13.7. The molecule has 1 aromatic carbocycles. The summed E-state index contributed by atoms with van der Waals surface area (Å²) >= 11 is 2.87. The van der Waals surface area contributed by atoms with Crippen LogP contribution >= 0.6 is 15.9 Å². The highest BCUT2D eigenvalue weighted by molar-refractivity contribution is 9.10. The minimum atomic E-state index is -0.598. The molecule has 0 unspecified atom stereocenters. The van der Waals surface area contributed by atoms with E-state index in [0.29, 0.717) is 11.3 Å². The molecule has 0 atom stereocenters.